The standard InChI is InChI=1S/C22H22N2S/c1-2-18-13-15-20(16-14-18)23-22(25)24(21-11-7-4-8-12-21)17-19-9-5-3-6-10-19/h3-16H,2,17H2,1H3,(H,23,25). The lowest BCUT2D eigenvalue weighted by atomic mass is 10.1. The van der Waals surface area contributed by atoms with Crippen LogP contribution < -0.4 is 10.2 Å². The Morgan fingerprint density at radius 1 is 0.800 bits per heavy atom. The van der Waals surface area contributed by atoms with Crippen LogP contribution in [-0.4, -0.2) is 5.11 Å². The van der Waals surface area contributed by atoms with Gasteiger partial charge in [0, 0.05) is 11.4 Å². The number of aryl methyl sites for hydroxylation is 1. The van der Waals surface area contributed by atoms with Gasteiger partial charge in [0.05, 0.1) is 6.54 Å². The first kappa shape index (κ1) is 17.2. The van der Waals surface area contributed by atoms with E-state index < -0.39 is 0 Å². The molecule has 0 atom stereocenters. The summed E-state index contributed by atoms with van der Waals surface area (Å²) in [5, 5.41) is 4.06. The monoisotopic (exact) mass is 346 g/mol. The van der Waals surface area contributed by atoms with E-state index in [1.807, 2.05) is 24.3 Å². The molecule has 0 saturated carbocycles. The van der Waals surface area contributed by atoms with Gasteiger partial charge in [-0.05, 0) is 54.0 Å². The first-order valence-electron chi connectivity index (χ1n) is 8.52. The molecule has 2 nitrogen and oxygen atoms in total. The lowest BCUT2D eigenvalue weighted by Gasteiger charge is -2.26. The molecule has 3 rings (SSSR count). The minimum Gasteiger partial charge on any atom is -0.332 e. The number of anilines is 2. The third-order valence-electron chi connectivity index (χ3n) is 4.11. The third kappa shape index (κ3) is 4.68. The van der Waals surface area contributed by atoms with Gasteiger partial charge in [0.1, 0.15) is 0 Å². The average molecular weight is 346 g/mol. The fourth-order valence-corrected chi connectivity index (χ4v) is 2.96. The molecule has 0 amide bonds. The molecule has 0 aliphatic carbocycles. The van der Waals surface area contributed by atoms with Gasteiger partial charge in [-0.2, -0.15) is 0 Å². The Balaban J connectivity index is 1.81. The van der Waals surface area contributed by atoms with Gasteiger partial charge >= 0.3 is 0 Å². The summed E-state index contributed by atoms with van der Waals surface area (Å²) in [5.41, 5.74) is 4.63. The molecule has 0 spiro atoms. The molecule has 0 aliphatic rings. The van der Waals surface area contributed by atoms with Gasteiger partial charge in [0.2, 0.25) is 0 Å². The molecule has 3 heteroatoms. The number of benzene rings is 3. The Morgan fingerprint density at radius 3 is 2.00 bits per heavy atom. The van der Waals surface area contributed by atoms with E-state index in [4.69, 9.17) is 12.2 Å². The van der Waals surface area contributed by atoms with Gasteiger partial charge < -0.3 is 10.2 Å². The second kappa shape index (κ2) is 8.45. The van der Waals surface area contributed by atoms with Crippen molar-refractivity contribution in [3.63, 3.8) is 0 Å². The van der Waals surface area contributed by atoms with Crippen molar-refractivity contribution >= 4 is 28.7 Å². The number of hydrogen-bond acceptors (Lipinski definition) is 1. The van der Waals surface area contributed by atoms with Crippen molar-refractivity contribution in [3.8, 4) is 0 Å². The summed E-state index contributed by atoms with van der Waals surface area (Å²) in [5.74, 6) is 0. The highest BCUT2D eigenvalue weighted by atomic mass is 32.1. The van der Waals surface area contributed by atoms with Crippen LogP contribution in [0.2, 0.25) is 0 Å². The number of para-hydroxylation sites is 1. The summed E-state index contributed by atoms with van der Waals surface area (Å²) < 4.78 is 0. The Bertz CT molecular complexity index is 798. The van der Waals surface area contributed by atoms with E-state index in [-0.39, 0.29) is 0 Å². The predicted molar refractivity (Wildman–Crippen MR) is 111 cm³/mol. The van der Waals surface area contributed by atoms with Gasteiger partial charge in [-0.25, -0.2) is 0 Å². The lowest BCUT2D eigenvalue weighted by Crippen LogP contribution is -2.34. The van der Waals surface area contributed by atoms with Gasteiger partial charge in [-0.15, -0.1) is 0 Å². The molecule has 3 aromatic carbocycles. The molecule has 25 heavy (non-hydrogen) atoms. The number of rotatable bonds is 5. The molecule has 0 heterocycles. The Labute approximate surface area is 155 Å². The minimum absolute atomic E-state index is 0.694. The highest BCUT2D eigenvalue weighted by Gasteiger charge is 2.13. The van der Waals surface area contributed by atoms with Crippen molar-refractivity contribution < 1.29 is 0 Å². The van der Waals surface area contributed by atoms with Crippen molar-refractivity contribution in [2.45, 2.75) is 19.9 Å². The predicted octanol–water partition coefficient (Wildman–Crippen LogP) is 5.65. The molecule has 0 bridgehead atoms. The zero-order chi connectivity index (χ0) is 17.5. The molecule has 1 N–H and O–H groups in total. The van der Waals surface area contributed by atoms with Crippen LogP contribution in [0.15, 0.2) is 84.9 Å². The number of nitrogens with zero attached hydrogens (tertiary/aromatic N) is 1. The molecule has 3 aromatic rings. The van der Waals surface area contributed by atoms with Gasteiger partial charge in [-0.3, -0.25) is 0 Å². The van der Waals surface area contributed by atoms with Crippen LogP contribution in [0.3, 0.4) is 0 Å². The Hall–Kier alpha value is -2.65. The van der Waals surface area contributed by atoms with E-state index >= 15 is 0 Å². The quantitative estimate of drug-likeness (QED) is 0.601. The van der Waals surface area contributed by atoms with Crippen molar-refractivity contribution in [3.05, 3.63) is 96.1 Å². The second-order valence-corrected chi connectivity index (χ2v) is 6.27. The molecule has 0 unspecified atom stereocenters. The molecule has 126 valence electrons. The first-order chi connectivity index (χ1) is 12.3. The number of hydrogen-bond donors (Lipinski definition) is 1. The largest absolute Gasteiger partial charge is 0.332 e. The van der Waals surface area contributed by atoms with Crippen LogP contribution >= 0.6 is 12.2 Å². The SMILES string of the molecule is CCc1ccc(NC(=S)N(Cc2ccccc2)c2ccccc2)cc1. The fraction of sp³-hybridized carbons (Fsp3) is 0.136. The fourth-order valence-electron chi connectivity index (χ4n) is 2.67. The van der Waals surface area contributed by atoms with E-state index in [2.05, 4.69) is 77.8 Å². The maximum absolute atomic E-state index is 5.71. The van der Waals surface area contributed by atoms with Crippen LogP contribution in [0.4, 0.5) is 11.4 Å². The van der Waals surface area contributed by atoms with E-state index in [0.717, 1.165) is 24.3 Å². The number of nitrogens with one attached hydrogen (secondary N) is 1. The summed E-state index contributed by atoms with van der Waals surface area (Å²) in [6.45, 7) is 2.88. The molecule has 0 aromatic heterocycles. The summed E-state index contributed by atoms with van der Waals surface area (Å²) >= 11 is 5.71. The van der Waals surface area contributed by atoms with Crippen LogP contribution in [0.5, 0.6) is 0 Å². The van der Waals surface area contributed by atoms with Crippen molar-refractivity contribution in [2.75, 3.05) is 10.2 Å². The van der Waals surface area contributed by atoms with Crippen molar-refractivity contribution in [2.24, 2.45) is 0 Å². The summed E-state index contributed by atoms with van der Waals surface area (Å²) in [6.07, 6.45) is 1.04. The van der Waals surface area contributed by atoms with E-state index in [0.29, 0.717) is 5.11 Å². The van der Waals surface area contributed by atoms with Crippen LogP contribution in [0.1, 0.15) is 18.1 Å². The zero-order valence-corrected chi connectivity index (χ0v) is 15.2. The topological polar surface area (TPSA) is 15.3 Å². The van der Waals surface area contributed by atoms with E-state index in [9.17, 15) is 0 Å². The van der Waals surface area contributed by atoms with Gasteiger partial charge in [0.25, 0.3) is 0 Å². The zero-order valence-electron chi connectivity index (χ0n) is 14.4. The summed E-state index contributed by atoms with van der Waals surface area (Å²) in [6, 6.07) is 29.1. The molecular weight excluding hydrogens is 324 g/mol. The van der Waals surface area contributed by atoms with Crippen LogP contribution in [-0.2, 0) is 13.0 Å². The molecule has 0 saturated heterocycles. The van der Waals surface area contributed by atoms with Crippen LogP contribution in [0, 0.1) is 0 Å². The van der Waals surface area contributed by atoms with E-state index in [1.54, 1.807) is 0 Å². The maximum atomic E-state index is 5.71. The first-order valence-corrected chi connectivity index (χ1v) is 8.93. The molecule has 0 radical (unpaired) electrons. The van der Waals surface area contributed by atoms with Crippen molar-refractivity contribution in [1.29, 1.82) is 0 Å². The summed E-state index contributed by atoms with van der Waals surface area (Å²) in [7, 11) is 0. The van der Waals surface area contributed by atoms with Gasteiger partial charge in [-0.1, -0.05) is 67.6 Å². The van der Waals surface area contributed by atoms with Crippen LogP contribution in [0.25, 0.3) is 0 Å². The Morgan fingerprint density at radius 2 is 1.40 bits per heavy atom. The minimum atomic E-state index is 0.694. The highest BCUT2D eigenvalue weighted by molar-refractivity contribution is 7.80. The summed E-state index contributed by atoms with van der Waals surface area (Å²) in [4.78, 5) is 2.12. The number of thiocarbonyl (C=S) groups is 1. The normalized spacial score (nSPS) is 10.3. The van der Waals surface area contributed by atoms with E-state index in [1.165, 1.54) is 11.1 Å². The van der Waals surface area contributed by atoms with Gasteiger partial charge in [0.15, 0.2) is 5.11 Å². The smallest absolute Gasteiger partial charge is 0.178 e. The lowest BCUT2D eigenvalue weighted by molar-refractivity contribution is 1.01. The third-order valence-corrected chi connectivity index (χ3v) is 4.43. The maximum Gasteiger partial charge on any atom is 0.178 e. The highest BCUT2D eigenvalue weighted by Crippen LogP contribution is 2.19. The molecule has 0 fully saturated rings. The molecular formula is C22H22N2S. The second-order valence-electron chi connectivity index (χ2n) is 5.89. The van der Waals surface area contributed by atoms with Crippen molar-refractivity contribution in [1.82, 2.24) is 0 Å². The Kier molecular flexibility index (Phi) is 5.81. The average Bonchev–Trinajstić information content (AvgIpc) is 2.68. The molecule has 0 aliphatic heterocycles.